The van der Waals surface area contributed by atoms with Crippen LogP contribution >= 0.6 is 0 Å². The van der Waals surface area contributed by atoms with Gasteiger partial charge in [-0.3, -0.25) is 10.0 Å². The first-order valence-corrected chi connectivity index (χ1v) is 9.64. The topological polar surface area (TPSA) is 78.4 Å². The molecule has 2 aromatic carbocycles. The van der Waals surface area contributed by atoms with Crippen molar-refractivity contribution < 1.29 is 10.0 Å². The Hall–Kier alpha value is -2.99. The molecule has 0 bridgehead atoms. The Bertz CT molecular complexity index is 907. The fourth-order valence-electron chi connectivity index (χ4n) is 3.29. The highest BCUT2D eigenvalue weighted by Crippen LogP contribution is 2.28. The largest absolute Gasteiger partial charge is 0.329 e. The lowest BCUT2D eigenvalue weighted by Gasteiger charge is -2.20. The van der Waals surface area contributed by atoms with Crippen LogP contribution in [-0.4, -0.2) is 28.1 Å². The van der Waals surface area contributed by atoms with E-state index in [4.69, 9.17) is 5.21 Å². The van der Waals surface area contributed by atoms with Gasteiger partial charge < -0.3 is 4.90 Å². The maximum atomic E-state index is 11.0. The van der Waals surface area contributed by atoms with E-state index in [1.165, 1.54) is 5.56 Å². The monoisotopic (exact) mass is 378 g/mol. The zero-order valence-corrected chi connectivity index (χ0v) is 16.1. The van der Waals surface area contributed by atoms with E-state index in [1.54, 1.807) is 11.8 Å². The highest BCUT2D eigenvalue weighted by molar-refractivity contribution is 5.91. The van der Waals surface area contributed by atoms with Crippen LogP contribution in [0, 0.1) is 0 Å². The third kappa shape index (κ3) is 5.04. The molecular weight excluding hydrogens is 352 g/mol. The average Bonchev–Trinajstić information content (AvgIpc) is 2.75. The summed E-state index contributed by atoms with van der Waals surface area (Å²) in [7, 11) is 2.02. The van der Waals surface area contributed by atoms with Crippen LogP contribution in [0.1, 0.15) is 37.7 Å². The molecule has 6 nitrogen and oxygen atoms in total. The summed E-state index contributed by atoms with van der Waals surface area (Å²) in [6.45, 7) is 0. The number of amides is 1. The number of hydroxylamine groups is 1. The molecule has 1 aromatic heterocycles. The summed E-state index contributed by atoms with van der Waals surface area (Å²) in [5, 5.41) is 9.50. The summed E-state index contributed by atoms with van der Waals surface area (Å²) in [6.07, 6.45) is 6.98. The average molecular weight is 378 g/mol. The number of nitrogens with zero attached hydrogens (tertiary/aromatic N) is 3. The third-order valence-electron chi connectivity index (χ3n) is 4.91. The molecule has 0 fully saturated rings. The van der Waals surface area contributed by atoms with Crippen molar-refractivity contribution in [1.82, 2.24) is 15.4 Å². The molecule has 0 aliphatic rings. The summed E-state index contributed by atoms with van der Waals surface area (Å²) in [6, 6.07) is 16.6. The smallest absolute Gasteiger partial charge is 0.243 e. The summed E-state index contributed by atoms with van der Waals surface area (Å²) >= 11 is 0. The maximum absolute atomic E-state index is 11.0. The van der Waals surface area contributed by atoms with Gasteiger partial charge in [-0.25, -0.2) is 15.4 Å². The van der Waals surface area contributed by atoms with Gasteiger partial charge in [0.25, 0.3) is 0 Å². The molecular formula is C22H26N4O2. The van der Waals surface area contributed by atoms with Gasteiger partial charge in [0.1, 0.15) is 12.1 Å². The van der Waals surface area contributed by atoms with Crippen LogP contribution < -0.4 is 10.4 Å². The second-order valence-electron chi connectivity index (χ2n) is 6.89. The zero-order chi connectivity index (χ0) is 19.8. The molecule has 0 unspecified atom stereocenters. The van der Waals surface area contributed by atoms with Gasteiger partial charge in [0.05, 0.1) is 5.52 Å². The van der Waals surface area contributed by atoms with E-state index in [0.29, 0.717) is 6.42 Å². The van der Waals surface area contributed by atoms with Gasteiger partial charge in [0.15, 0.2) is 0 Å². The van der Waals surface area contributed by atoms with Gasteiger partial charge in [-0.2, -0.15) is 0 Å². The van der Waals surface area contributed by atoms with Crippen molar-refractivity contribution in [3.8, 4) is 0 Å². The Balaban J connectivity index is 1.54. The van der Waals surface area contributed by atoms with E-state index in [0.717, 1.165) is 54.5 Å². The number of rotatable bonds is 9. The lowest BCUT2D eigenvalue weighted by Crippen LogP contribution is -2.17. The number of carbonyl (C=O) groups is 1. The molecule has 0 saturated carbocycles. The van der Waals surface area contributed by atoms with Gasteiger partial charge in [-0.05, 0) is 49.1 Å². The number of benzene rings is 2. The van der Waals surface area contributed by atoms with Gasteiger partial charge in [0, 0.05) is 24.5 Å². The number of carbonyl (C=O) groups excluding carboxylic acids is 1. The van der Waals surface area contributed by atoms with Crippen LogP contribution in [-0.2, 0) is 11.2 Å². The number of hydrogen-bond acceptors (Lipinski definition) is 5. The van der Waals surface area contributed by atoms with Gasteiger partial charge in [-0.15, -0.1) is 0 Å². The number of hydrogen-bond donors (Lipinski definition) is 2. The van der Waals surface area contributed by atoms with Crippen molar-refractivity contribution in [2.24, 2.45) is 0 Å². The van der Waals surface area contributed by atoms with Crippen molar-refractivity contribution >= 4 is 28.3 Å². The number of para-hydroxylation sites is 1. The lowest BCUT2D eigenvalue weighted by molar-refractivity contribution is -0.129. The van der Waals surface area contributed by atoms with Gasteiger partial charge in [-0.1, -0.05) is 37.1 Å². The molecule has 28 heavy (non-hydrogen) atoms. The van der Waals surface area contributed by atoms with E-state index in [-0.39, 0.29) is 5.91 Å². The van der Waals surface area contributed by atoms with Crippen LogP contribution in [0.25, 0.3) is 10.9 Å². The summed E-state index contributed by atoms with van der Waals surface area (Å²) < 4.78 is 0. The fourth-order valence-corrected chi connectivity index (χ4v) is 3.29. The van der Waals surface area contributed by atoms with Crippen LogP contribution in [0.15, 0.2) is 54.9 Å². The Morgan fingerprint density at radius 3 is 2.54 bits per heavy atom. The van der Waals surface area contributed by atoms with E-state index in [2.05, 4.69) is 39.1 Å². The van der Waals surface area contributed by atoms with Gasteiger partial charge >= 0.3 is 0 Å². The SMILES string of the molecule is CN(c1ccc(CCCCCCC(=O)NO)cc1)c1ncnc2ccccc12. The standard InChI is InChI=1S/C22H26N4O2/c1-26(22-19-9-6-7-10-20(19)23-16-24-22)18-14-12-17(13-15-18)8-4-2-3-5-11-21(27)25-28/h6-7,9-10,12-16,28H,2-5,8,11H2,1H3,(H,25,27). The lowest BCUT2D eigenvalue weighted by atomic mass is 10.0. The summed E-state index contributed by atoms with van der Waals surface area (Å²) in [5.74, 6) is 0.585. The van der Waals surface area contributed by atoms with Crippen molar-refractivity contribution in [3.05, 3.63) is 60.4 Å². The molecule has 2 N–H and O–H groups in total. The molecule has 0 atom stereocenters. The maximum Gasteiger partial charge on any atom is 0.243 e. The Morgan fingerprint density at radius 1 is 1.00 bits per heavy atom. The Morgan fingerprint density at radius 2 is 1.75 bits per heavy atom. The van der Waals surface area contributed by atoms with Crippen LogP contribution in [0.5, 0.6) is 0 Å². The second kappa shape index (κ2) is 9.80. The molecule has 3 rings (SSSR count). The molecule has 0 aliphatic carbocycles. The molecule has 146 valence electrons. The van der Waals surface area contributed by atoms with Crippen molar-refractivity contribution in [3.63, 3.8) is 0 Å². The Labute approximate surface area is 165 Å². The highest BCUT2D eigenvalue weighted by Gasteiger charge is 2.10. The van der Waals surface area contributed by atoms with E-state index in [9.17, 15) is 4.79 Å². The fraction of sp³-hybridized carbons (Fsp3) is 0.318. The first-order valence-electron chi connectivity index (χ1n) is 9.64. The summed E-state index contributed by atoms with van der Waals surface area (Å²) in [4.78, 5) is 21.8. The molecule has 6 heteroatoms. The zero-order valence-electron chi connectivity index (χ0n) is 16.1. The second-order valence-corrected chi connectivity index (χ2v) is 6.89. The predicted octanol–water partition coefficient (Wildman–Crippen LogP) is 4.40. The number of unbranched alkanes of at least 4 members (excludes halogenated alkanes) is 3. The van der Waals surface area contributed by atoms with Gasteiger partial charge in [0.2, 0.25) is 5.91 Å². The number of nitrogens with one attached hydrogen (secondary N) is 1. The van der Waals surface area contributed by atoms with Crippen LogP contribution in [0.2, 0.25) is 0 Å². The minimum absolute atomic E-state index is 0.309. The summed E-state index contributed by atoms with van der Waals surface area (Å²) in [5.41, 5.74) is 4.99. The normalized spacial score (nSPS) is 10.8. The highest BCUT2D eigenvalue weighted by atomic mass is 16.5. The van der Waals surface area contributed by atoms with E-state index in [1.807, 2.05) is 31.3 Å². The van der Waals surface area contributed by atoms with Crippen molar-refractivity contribution in [1.29, 1.82) is 0 Å². The number of aryl methyl sites for hydroxylation is 1. The molecule has 0 spiro atoms. The Kier molecular flexibility index (Phi) is 6.92. The quantitative estimate of drug-likeness (QED) is 0.328. The molecule has 3 aromatic rings. The van der Waals surface area contributed by atoms with Crippen LogP contribution in [0.4, 0.5) is 11.5 Å². The first kappa shape index (κ1) is 19.8. The molecule has 0 saturated heterocycles. The predicted molar refractivity (Wildman–Crippen MR) is 111 cm³/mol. The minimum Gasteiger partial charge on any atom is -0.329 e. The van der Waals surface area contributed by atoms with Crippen LogP contribution in [0.3, 0.4) is 0 Å². The molecule has 1 amide bonds. The van der Waals surface area contributed by atoms with E-state index >= 15 is 0 Å². The third-order valence-corrected chi connectivity index (χ3v) is 4.91. The minimum atomic E-state index is -0.309. The number of aromatic nitrogens is 2. The number of anilines is 2. The van der Waals surface area contributed by atoms with Crippen molar-refractivity contribution in [2.45, 2.75) is 38.5 Å². The first-order chi connectivity index (χ1) is 13.7. The molecule has 0 aliphatic heterocycles. The molecule has 1 heterocycles. The molecule has 0 radical (unpaired) electrons. The van der Waals surface area contributed by atoms with Crippen molar-refractivity contribution in [2.75, 3.05) is 11.9 Å². The number of fused-ring (bicyclic) bond motifs is 1. The van der Waals surface area contributed by atoms with E-state index < -0.39 is 0 Å².